The number of hydrogen-bond donors (Lipinski definition) is 2. The molecule has 3 rings (SSSR count). The van der Waals surface area contributed by atoms with Gasteiger partial charge in [-0.25, -0.2) is 27.6 Å². The third kappa shape index (κ3) is 8.43. The second kappa shape index (κ2) is 11.3. The predicted molar refractivity (Wildman–Crippen MR) is 131 cm³/mol. The van der Waals surface area contributed by atoms with Crippen LogP contribution in [0.1, 0.15) is 44.9 Å². The van der Waals surface area contributed by atoms with Gasteiger partial charge in [0, 0.05) is 44.1 Å². The van der Waals surface area contributed by atoms with Crippen LogP contribution >= 0.6 is 0 Å². The first-order valence-corrected chi connectivity index (χ1v) is 13.5. The quantitative estimate of drug-likeness (QED) is 0.559. The van der Waals surface area contributed by atoms with Crippen LogP contribution in [-0.4, -0.2) is 60.9 Å². The van der Waals surface area contributed by atoms with E-state index in [-0.39, 0.29) is 17.5 Å². The maximum Gasteiger partial charge on any atom is 0.410 e. The lowest BCUT2D eigenvalue weighted by atomic mass is 9.97. The van der Waals surface area contributed by atoms with Gasteiger partial charge in [0.15, 0.2) is 9.84 Å². The number of sulfone groups is 1. The SMILES string of the molecule is CC(C)(C)OC(=O)N1CCC(CNCc2cc(NCc3ccc(S(C)(=O)=O)cc3F)ncn2)CC1. The fourth-order valence-electron chi connectivity index (χ4n) is 3.73. The van der Waals surface area contributed by atoms with Gasteiger partial charge in [0.2, 0.25) is 0 Å². The minimum atomic E-state index is -3.46. The predicted octanol–water partition coefficient (Wildman–Crippen LogP) is 3.37. The summed E-state index contributed by atoms with van der Waals surface area (Å²) in [6.07, 6.45) is 4.06. The molecule has 1 fully saturated rings. The maximum absolute atomic E-state index is 14.3. The van der Waals surface area contributed by atoms with Crippen molar-refractivity contribution in [2.75, 3.05) is 31.2 Å². The van der Waals surface area contributed by atoms with Crippen LogP contribution in [0.3, 0.4) is 0 Å². The maximum atomic E-state index is 14.3. The highest BCUT2D eigenvalue weighted by molar-refractivity contribution is 7.90. The Morgan fingerprint density at radius 1 is 1.17 bits per heavy atom. The van der Waals surface area contributed by atoms with E-state index >= 15 is 0 Å². The summed E-state index contributed by atoms with van der Waals surface area (Å²) in [5, 5.41) is 6.47. The number of nitrogens with one attached hydrogen (secondary N) is 2. The lowest BCUT2D eigenvalue weighted by Crippen LogP contribution is -2.43. The normalized spacial score (nSPS) is 15.2. The topological polar surface area (TPSA) is 114 Å². The van der Waals surface area contributed by atoms with E-state index in [1.165, 1.54) is 18.5 Å². The summed E-state index contributed by atoms with van der Waals surface area (Å²) in [6, 6.07) is 5.67. The van der Waals surface area contributed by atoms with Crippen molar-refractivity contribution in [2.24, 2.45) is 5.92 Å². The molecule has 0 bridgehead atoms. The van der Waals surface area contributed by atoms with Crippen LogP contribution in [0.5, 0.6) is 0 Å². The van der Waals surface area contributed by atoms with E-state index in [1.807, 2.05) is 20.8 Å². The van der Waals surface area contributed by atoms with Crippen LogP contribution in [0.4, 0.5) is 15.0 Å². The molecular weight excluding hydrogens is 473 g/mol. The molecule has 0 saturated carbocycles. The molecule has 2 N–H and O–H groups in total. The van der Waals surface area contributed by atoms with E-state index in [9.17, 15) is 17.6 Å². The Labute approximate surface area is 206 Å². The minimum Gasteiger partial charge on any atom is -0.444 e. The van der Waals surface area contributed by atoms with Gasteiger partial charge in [0.25, 0.3) is 0 Å². The molecule has 192 valence electrons. The van der Waals surface area contributed by atoms with Crippen molar-refractivity contribution in [3.05, 3.63) is 47.7 Å². The Morgan fingerprint density at radius 3 is 2.51 bits per heavy atom. The van der Waals surface area contributed by atoms with Gasteiger partial charge >= 0.3 is 6.09 Å². The van der Waals surface area contributed by atoms with Crippen LogP contribution < -0.4 is 10.6 Å². The Bertz CT molecular complexity index is 1130. The number of anilines is 1. The summed E-state index contributed by atoms with van der Waals surface area (Å²) >= 11 is 0. The van der Waals surface area contributed by atoms with Gasteiger partial charge in [-0.05, 0) is 58.2 Å². The van der Waals surface area contributed by atoms with Crippen molar-refractivity contribution in [1.29, 1.82) is 0 Å². The average Bonchev–Trinajstić information content (AvgIpc) is 2.77. The average molecular weight is 508 g/mol. The molecule has 2 heterocycles. The van der Waals surface area contributed by atoms with E-state index in [1.54, 1.807) is 11.0 Å². The van der Waals surface area contributed by atoms with Gasteiger partial charge in [-0.1, -0.05) is 6.07 Å². The molecule has 2 aromatic rings. The van der Waals surface area contributed by atoms with Gasteiger partial charge < -0.3 is 20.3 Å². The Hall–Kier alpha value is -2.79. The lowest BCUT2D eigenvalue weighted by molar-refractivity contribution is 0.0184. The van der Waals surface area contributed by atoms with Crippen molar-refractivity contribution in [3.63, 3.8) is 0 Å². The number of amides is 1. The van der Waals surface area contributed by atoms with E-state index in [0.29, 0.717) is 36.9 Å². The van der Waals surface area contributed by atoms with Gasteiger partial charge in [-0.15, -0.1) is 0 Å². The summed E-state index contributed by atoms with van der Waals surface area (Å²) in [7, 11) is -3.46. The van der Waals surface area contributed by atoms with Gasteiger partial charge in [0.1, 0.15) is 23.6 Å². The number of likely N-dealkylation sites (tertiary alicyclic amines) is 1. The fraction of sp³-hybridized carbons (Fsp3) is 0.542. The zero-order valence-corrected chi connectivity index (χ0v) is 21.5. The second-order valence-corrected chi connectivity index (χ2v) is 11.8. The smallest absolute Gasteiger partial charge is 0.410 e. The number of hydrogen-bond acceptors (Lipinski definition) is 8. The molecule has 1 aliphatic rings. The van der Waals surface area contributed by atoms with Crippen LogP contribution in [0, 0.1) is 11.7 Å². The molecule has 1 amide bonds. The molecule has 11 heteroatoms. The number of aromatic nitrogens is 2. The molecular formula is C24H34FN5O4S. The van der Waals surface area contributed by atoms with E-state index in [4.69, 9.17) is 4.74 Å². The largest absolute Gasteiger partial charge is 0.444 e. The van der Waals surface area contributed by atoms with Crippen molar-refractivity contribution < 1.29 is 22.3 Å². The monoisotopic (exact) mass is 507 g/mol. The van der Waals surface area contributed by atoms with Crippen LogP contribution in [0.25, 0.3) is 0 Å². The van der Waals surface area contributed by atoms with Crippen molar-refractivity contribution in [3.8, 4) is 0 Å². The van der Waals surface area contributed by atoms with Crippen LogP contribution in [0.15, 0.2) is 35.5 Å². The highest BCUT2D eigenvalue weighted by Gasteiger charge is 2.26. The number of nitrogens with zero attached hydrogens (tertiary/aromatic N) is 3. The molecule has 0 radical (unpaired) electrons. The number of ether oxygens (including phenoxy) is 1. The third-order valence-corrected chi connectivity index (χ3v) is 6.75. The molecule has 1 aliphatic heterocycles. The van der Waals surface area contributed by atoms with Crippen LogP contribution in [0.2, 0.25) is 0 Å². The fourth-order valence-corrected chi connectivity index (χ4v) is 4.36. The molecule has 0 atom stereocenters. The summed E-state index contributed by atoms with van der Waals surface area (Å²) in [5.41, 5.74) is 0.646. The number of benzene rings is 1. The molecule has 35 heavy (non-hydrogen) atoms. The van der Waals surface area contributed by atoms with Gasteiger partial charge in [-0.2, -0.15) is 0 Å². The van der Waals surface area contributed by atoms with E-state index in [0.717, 1.165) is 37.4 Å². The molecule has 0 aliphatic carbocycles. The Balaban J connectivity index is 1.43. The Kier molecular flexibility index (Phi) is 8.65. The highest BCUT2D eigenvalue weighted by atomic mass is 32.2. The zero-order valence-electron chi connectivity index (χ0n) is 20.7. The third-order valence-electron chi connectivity index (χ3n) is 5.64. The summed E-state index contributed by atoms with van der Waals surface area (Å²) < 4.78 is 42.8. The summed E-state index contributed by atoms with van der Waals surface area (Å²) in [5.74, 6) is 0.425. The molecule has 1 aromatic carbocycles. The number of halogens is 1. The van der Waals surface area contributed by atoms with E-state index < -0.39 is 21.3 Å². The first-order valence-electron chi connectivity index (χ1n) is 11.6. The number of carbonyl (C=O) groups excluding carboxylic acids is 1. The molecule has 1 saturated heterocycles. The molecule has 9 nitrogen and oxygen atoms in total. The number of carbonyl (C=O) groups is 1. The first-order chi connectivity index (χ1) is 16.4. The summed E-state index contributed by atoms with van der Waals surface area (Å²) in [6.45, 7) is 8.50. The molecule has 1 aromatic heterocycles. The number of piperidine rings is 1. The van der Waals surface area contributed by atoms with Crippen molar-refractivity contribution in [1.82, 2.24) is 20.2 Å². The molecule has 0 unspecified atom stereocenters. The lowest BCUT2D eigenvalue weighted by Gasteiger charge is -2.33. The Morgan fingerprint density at radius 2 is 1.89 bits per heavy atom. The highest BCUT2D eigenvalue weighted by Crippen LogP contribution is 2.20. The minimum absolute atomic E-state index is 0.0512. The summed E-state index contributed by atoms with van der Waals surface area (Å²) in [4.78, 5) is 22.4. The van der Waals surface area contributed by atoms with Crippen LogP contribution in [-0.2, 0) is 27.7 Å². The van der Waals surface area contributed by atoms with Crippen molar-refractivity contribution in [2.45, 2.75) is 57.2 Å². The standard InChI is InChI=1S/C24H34FN5O4S/c1-24(2,3)34-23(31)30-9-7-17(8-10-30)13-26-15-19-11-22(29-16-28-19)27-14-18-5-6-20(12-21(18)25)35(4,32)33/h5-6,11-12,16-17,26H,7-10,13-15H2,1-4H3,(H,27,28,29). The first kappa shape index (κ1) is 26.8. The zero-order chi connectivity index (χ0) is 25.6. The van der Waals surface area contributed by atoms with Gasteiger partial charge in [0.05, 0.1) is 10.6 Å². The van der Waals surface area contributed by atoms with Gasteiger partial charge in [-0.3, -0.25) is 0 Å². The van der Waals surface area contributed by atoms with E-state index in [2.05, 4.69) is 20.6 Å². The van der Waals surface area contributed by atoms with Crippen molar-refractivity contribution >= 4 is 21.7 Å². The number of rotatable bonds is 8. The second-order valence-electron chi connectivity index (χ2n) is 9.82. The molecule has 0 spiro atoms.